The molecule has 2 saturated heterocycles. The monoisotopic (exact) mass is 226 g/mol. The standard InChI is InChI=1S/C12H22N2O2/c1-12(2,3)10-9(8-14(10)11(15)16)13-6-4-5-7-13/h9-10H,4-8H2,1-3H3,(H,15,16). The third-order valence-electron chi connectivity index (χ3n) is 3.83. The fraction of sp³-hybridized carbons (Fsp3) is 0.917. The van der Waals surface area contributed by atoms with Crippen LogP contribution in [0, 0.1) is 5.41 Å². The molecule has 0 aromatic carbocycles. The predicted octanol–water partition coefficient (Wildman–Crippen LogP) is 1.86. The van der Waals surface area contributed by atoms with Gasteiger partial charge in [0.2, 0.25) is 0 Å². The summed E-state index contributed by atoms with van der Waals surface area (Å²) in [5.41, 5.74) is 0.0316. The maximum atomic E-state index is 11.1. The molecule has 4 nitrogen and oxygen atoms in total. The van der Waals surface area contributed by atoms with Gasteiger partial charge >= 0.3 is 6.09 Å². The van der Waals surface area contributed by atoms with Gasteiger partial charge in [-0.3, -0.25) is 4.90 Å². The fourth-order valence-corrected chi connectivity index (χ4v) is 3.11. The molecule has 1 N–H and O–H groups in total. The summed E-state index contributed by atoms with van der Waals surface area (Å²) in [4.78, 5) is 15.2. The zero-order chi connectivity index (χ0) is 11.9. The Morgan fingerprint density at radius 1 is 1.25 bits per heavy atom. The molecule has 2 heterocycles. The summed E-state index contributed by atoms with van der Waals surface area (Å²) in [7, 11) is 0. The van der Waals surface area contributed by atoms with Gasteiger partial charge in [0.15, 0.2) is 0 Å². The molecule has 2 aliphatic heterocycles. The number of hydrogen-bond donors (Lipinski definition) is 1. The number of carboxylic acid groups (broad SMARTS) is 1. The number of carbonyl (C=O) groups is 1. The molecule has 4 heteroatoms. The molecule has 0 radical (unpaired) electrons. The summed E-state index contributed by atoms with van der Waals surface area (Å²) < 4.78 is 0. The SMILES string of the molecule is CC(C)(C)C1C(N2CCCC2)CN1C(=O)O. The van der Waals surface area contributed by atoms with Gasteiger partial charge in [0.1, 0.15) is 0 Å². The molecule has 92 valence electrons. The van der Waals surface area contributed by atoms with Crippen LogP contribution in [0.15, 0.2) is 0 Å². The molecule has 0 saturated carbocycles. The minimum absolute atomic E-state index is 0.0316. The Morgan fingerprint density at radius 3 is 2.25 bits per heavy atom. The molecule has 16 heavy (non-hydrogen) atoms. The van der Waals surface area contributed by atoms with E-state index >= 15 is 0 Å². The first-order chi connectivity index (χ1) is 7.41. The predicted molar refractivity (Wildman–Crippen MR) is 62.6 cm³/mol. The normalized spacial score (nSPS) is 31.6. The zero-order valence-corrected chi connectivity index (χ0v) is 10.4. The van der Waals surface area contributed by atoms with Gasteiger partial charge in [0, 0.05) is 12.6 Å². The van der Waals surface area contributed by atoms with Gasteiger partial charge in [0.25, 0.3) is 0 Å². The number of nitrogens with zero attached hydrogens (tertiary/aromatic N) is 2. The van der Waals surface area contributed by atoms with E-state index in [-0.39, 0.29) is 11.5 Å². The lowest BCUT2D eigenvalue weighted by atomic mass is 9.75. The van der Waals surface area contributed by atoms with Gasteiger partial charge in [-0.15, -0.1) is 0 Å². The summed E-state index contributed by atoms with van der Waals surface area (Å²) in [6.07, 6.45) is 1.76. The molecular formula is C12H22N2O2. The van der Waals surface area contributed by atoms with E-state index in [1.165, 1.54) is 12.8 Å². The number of hydrogen-bond acceptors (Lipinski definition) is 2. The molecule has 2 unspecified atom stereocenters. The van der Waals surface area contributed by atoms with Crippen LogP contribution in [0.4, 0.5) is 4.79 Å². The Hall–Kier alpha value is -0.770. The number of amides is 1. The Kier molecular flexibility index (Phi) is 2.86. The van der Waals surface area contributed by atoms with E-state index in [4.69, 9.17) is 5.11 Å². The van der Waals surface area contributed by atoms with Crippen molar-refractivity contribution < 1.29 is 9.90 Å². The molecule has 2 aliphatic rings. The first-order valence-electron chi connectivity index (χ1n) is 6.15. The third kappa shape index (κ3) is 1.90. The van der Waals surface area contributed by atoms with E-state index in [2.05, 4.69) is 25.7 Å². The van der Waals surface area contributed by atoms with Crippen molar-refractivity contribution >= 4 is 6.09 Å². The largest absolute Gasteiger partial charge is 0.465 e. The summed E-state index contributed by atoms with van der Waals surface area (Å²) >= 11 is 0. The van der Waals surface area contributed by atoms with Gasteiger partial charge in [0.05, 0.1) is 6.04 Å². The summed E-state index contributed by atoms with van der Waals surface area (Å²) in [5.74, 6) is 0. The lowest BCUT2D eigenvalue weighted by Crippen LogP contribution is -2.71. The van der Waals surface area contributed by atoms with Crippen LogP contribution in [0.1, 0.15) is 33.6 Å². The number of likely N-dealkylation sites (tertiary alicyclic amines) is 2. The number of rotatable bonds is 1. The van der Waals surface area contributed by atoms with Crippen molar-refractivity contribution in [2.75, 3.05) is 19.6 Å². The van der Waals surface area contributed by atoms with Gasteiger partial charge in [-0.25, -0.2) is 4.79 Å². The molecular weight excluding hydrogens is 204 g/mol. The van der Waals surface area contributed by atoms with Gasteiger partial charge in [-0.1, -0.05) is 20.8 Å². The smallest absolute Gasteiger partial charge is 0.407 e. The van der Waals surface area contributed by atoms with E-state index in [9.17, 15) is 4.79 Å². The van der Waals surface area contributed by atoms with Crippen LogP contribution in [-0.2, 0) is 0 Å². The molecule has 0 aliphatic carbocycles. The molecule has 1 amide bonds. The minimum Gasteiger partial charge on any atom is -0.465 e. The average molecular weight is 226 g/mol. The van der Waals surface area contributed by atoms with Crippen molar-refractivity contribution in [3.05, 3.63) is 0 Å². The molecule has 2 rings (SSSR count). The Balaban J connectivity index is 2.08. The fourth-order valence-electron chi connectivity index (χ4n) is 3.11. The van der Waals surface area contributed by atoms with Gasteiger partial charge in [-0.05, 0) is 31.3 Å². The highest BCUT2D eigenvalue weighted by atomic mass is 16.4. The highest BCUT2D eigenvalue weighted by Gasteiger charge is 2.50. The van der Waals surface area contributed by atoms with Crippen molar-refractivity contribution in [3.63, 3.8) is 0 Å². The minimum atomic E-state index is -0.768. The lowest BCUT2D eigenvalue weighted by Gasteiger charge is -2.55. The van der Waals surface area contributed by atoms with Crippen LogP contribution in [0.25, 0.3) is 0 Å². The van der Waals surface area contributed by atoms with Gasteiger partial charge in [-0.2, -0.15) is 0 Å². The molecule has 0 bridgehead atoms. The molecule has 2 fully saturated rings. The summed E-state index contributed by atoms with van der Waals surface area (Å²) in [6, 6.07) is 0.599. The van der Waals surface area contributed by atoms with Crippen LogP contribution in [0.2, 0.25) is 0 Å². The van der Waals surface area contributed by atoms with Crippen molar-refractivity contribution in [3.8, 4) is 0 Å². The topological polar surface area (TPSA) is 43.8 Å². The second kappa shape index (κ2) is 3.91. The molecule has 2 atom stereocenters. The highest BCUT2D eigenvalue weighted by molar-refractivity contribution is 5.67. The van der Waals surface area contributed by atoms with Crippen LogP contribution in [-0.4, -0.2) is 52.7 Å². The maximum Gasteiger partial charge on any atom is 0.407 e. The quantitative estimate of drug-likeness (QED) is 0.742. The van der Waals surface area contributed by atoms with E-state index in [1.807, 2.05) is 0 Å². The zero-order valence-electron chi connectivity index (χ0n) is 10.4. The Bertz CT molecular complexity index is 279. The molecule has 0 aromatic heterocycles. The molecule has 0 spiro atoms. The van der Waals surface area contributed by atoms with Crippen LogP contribution in [0.5, 0.6) is 0 Å². The van der Waals surface area contributed by atoms with Crippen molar-refractivity contribution in [2.45, 2.75) is 45.7 Å². The first-order valence-corrected chi connectivity index (χ1v) is 6.15. The Morgan fingerprint density at radius 2 is 1.81 bits per heavy atom. The molecule has 0 aromatic rings. The summed E-state index contributed by atoms with van der Waals surface area (Å²) in [6.45, 7) is 9.38. The van der Waals surface area contributed by atoms with E-state index in [1.54, 1.807) is 4.90 Å². The van der Waals surface area contributed by atoms with E-state index < -0.39 is 6.09 Å². The summed E-state index contributed by atoms with van der Waals surface area (Å²) in [5, 5.41) is 9.13. The van der Waals surface area contributed by atoms with Crippen molar-refractivity contribution in [2.24, 2.45) is 5.41 Å². The second-order valence-electron chi connectivity index (χ2n) is 6.06. The first kappa shape index (κ1) is 11.7. The Labute approximate surface area is 97.2 Å². The van der Waals surface area contributed by atoms with Crippen LogP contribution >= 0.6 is 0 Å². The third-order valence-corrected chi connectivity index (χ3v) is 3.83. The maximum absolute atomic E-state index is 11.1. The van der Waals surface area contributed by atoms with Crippen molar-refractivity contribution in [1.29, 1.82) is 0 Å². The lowest BCUT2D eigenvalue weighted by molar-refractivity contribution is -0.0566. The second-order valence-corrected chi connectivity index (χ2v) is 6.06. The van der Waals surface area contributed by atoms with Crippen LogP contribution < -0.4 is 0 Å². The van der Waals surface area contributed by atoms with E-state index in [0.717, 1.165) is 13.1 Å². The van der Waals surface area contributed by atoms with Gasteiger partial charge < -0.3 is 10.0 Å². The highest BCUT2D eigenvalue weighted by Crippen LogP contribution is 2.37. The van der Waals surface area contributed by atoms with Crippen LogP contribution in [0.3, 0.4) is 0 Å². The average Bonchev–Trinajstić information content (AvgIpc) is 2.50. The van der Waals surface area contributed by atoms with E-state index in [0.29, 0.717) is 12.6 Å². The van der Waals surface area contributed by atoms with Crippen molar-refractivity contribution in [1.82, 2.24) is 9.80 Å².